The van der Waals surface area contributed by atoms with E-state index in [1.54, 1.807) is 31.2 Å². The average molecular weight is 350 g/mol. The second kappa shape index (κ2) is 7.74. The first kappa shape index (κ1) is 17.5. The number of nitrogens with one attached hydrogen (secondary N) is 2. The summed E-state index contributed by atoms with van der Waals surface area (Å²) >= 11 is 0. The van der Waals surface area contributed by atoms with E-state index < -0.39 is 5.82 Å². The summed E-state index contributed by atoms with van der Waals surface area (Å²) in [5, 5.41) is 5.65. The third kappa shape index (κ3) is 4.42. The number of hydrogen-bond acceptors (Lipinski definition) is 4. The van der Waals surface area contributed by atoms with Crippen molar-refractivity contribution in [3.8, 4) is 0 Å². The van der Waals surface area contributed by atoms with E-state index in [1.807, 2.05) is 31.2 Å². The molecule has 0 fully saturated rings. The minimum Gasteiger partial charge on any atom is -0.347 e. The highest BCUT2D eigenvalue weighted by Crippen LogP contribution is 2.17. The molecule has 5 nitrogen and oxygen atoms in total. The van der Waals surface area contributed by atoms with E-state index in [0.29, 0.717) is 12.2 Å². The molecule has 132 valence electrons. The van der Waals surface area contributed by atoms with Crippen LogP contribution in [-0.4, -0.2) is 15.9 Å². The molecule has 3 rings (SSSR count). The van der Waals surface area contributed by atoms with Crippen LogP contribution in [0.3, 0.4) is 0 Å². The Morgan fingerprint density at radius 1 is 1.04 bits per heavy atom. The summed E-state index contributed by atoms with van der Waals surface area (Å²) in [4.78, 5) is 20.8. The van der Waals surface area contributed by atoms with Crippen LogP contribution in [-0.2, 0) is 6.54 Å². The number of amides is 1. The number of aryl methyl sites for hydroxylation is 2. The van der Waals surface area contributed by atoms with Crippen molar-refractivity contribution < 1.29 is 9.18 Å². The maximum absolute atomic E-state index is 13.8. The van der Waals surface area contributed by atoms with Crippen LogP contribution in [0.2, 0.25) is 0 Å². The Balaban J connectivity index is 1.74. The third-order valence-corrected chi connectivity index (χ3v) is 3.74. The molecular weight excluding hydrogens is 331 g/mol. The number of anilines is 2. The smallest absolute Gasteiger partial charge is 0.270 e. The number of rotatable bonds is 5. The van der Waals surface area contributed by atoms with Gasteiger partial charge in [-0.1, -0.05) is 42.0 Å². The van der Waals surface area contributed by atoms with Gasteiger partial charge in [0.2, 0.25) is 5.95 Å². The van der Waals surface area contributed by atoms with Crippen LogP contribution in [0.1, 0.15) is 27.3 Å². The van der Waals surface area contributed by atoms with Crippen LogP contribution >= 0.6 is 0 Å². The fourth-order valence-electron chi connectivity index (χ4n) is 2.52. The van der Waals surface area contributed by atoms with Crippen LogP contribution in [0.25, 0.3) is 0 Å². The zero-order valence-corrected chi connectivity index (χ0v) is 14.6. The number of carbonyl (C=O) groups excluding carboxylic acids is 1. The van der Waals surface area contributed by atoms with Crippen molar-refractivity contribution in [2.75, 3.05) is 5.32 Å². The summed E-state index contributed by atoms with van der Waals surface area (Å²) < 4.78 is 13.8. The Kier molecular flexibility index (Phi) is 5.22. The summed E-state index contributed by atoms with van der Waals surface area (Å²) in [6.07, 6.45) is 0. The van der Waals surface area contributed by atoms with E-state index in [0.717, 1.165) is 11.1 Å². The zero-order chi connectivity index (χ0) is 18.5. The normalized spacial score (nSPS) is 10.4. The summed E-state index contributed by atoms with van der Waals surface area (Å²) in [5.41, 5.74) is 3.23. The average Bonchev–Trinajstić information content (AvgIpc) is 2.61. The molecule has 1 aromatic heterocycles. The second-order valence-electron chi connectivity index (χ2n) is 5.99. The molecule has 0 aliphatic rings. The number of benzene rings is 2. The molecule has 0 saturated carbocycles. The van der Waals surface area contributed by atoms with E-state index in [-0.39, 0.29) is 23.2 Å². The third-order valence-electron chi connectivity index (χ3n) is 3.74. The first-order chi connectivity index (χ1) is 12.5. The van der Waals surface area contributed by atoms with Crippen LogP contribution < -0.4 is 10.6 Å². The van der Waals surface area contributed by atoms with Gasteiger partial charge in [-0.05, 0) is 37.6 Å². The van der Waals surface area contributed by atoms with Gasteiger partial charge in [0.05, 0.1) is 5.69 Å². The topological polar surface area (TPSA) is 66.9 Å². The monoisotopic (exact) mass is 350 g/mol. The Labute approximate surface area is 151 Å². The van der Waals surface area contributed by atoms with Gasteiger partial charge >= 0.3 is 0 Å². The number of hydrogen-bond donors (Lipinski definition) is 2. The largest absolute Gasteiger partial charge is 0.347 e. The van der Waals surface area contributed by atoms with Crippen molar-refractivity contribution in [3.63, 3.8) is 0 Å². The molecule has 0 radical (unpaired) electrons. The molecule has 6 heteroatoms. The molecule has 0 saturated heterocycles. The van der Waals surface area contributed by atoms with E-state index in [9.17, 15) is 9.18 Å². The van der Waals surface area contributed by atoms with E-state index in [2.05, 4.69) is 20.6 Å². The van der Waals surface area contributed by atoms with E-state index in [4.69, 9.17) is 0 Å². The van der Waals surface area contributed by atoms with Gasteiger partial charge in [0, 0.05) is 12.2 Å². The summed E-state index contributed by atoms with van der Waals surface area (Å²) in [7, 11) is 0. The van der Waals surface area contributed by atoms with Gasteiger partial charge in [-0.15, -0.1) is 0 Å². The molecule has 2 aromatic carbocycles. The fourth-order valence-corrected chi connectivity index (χ4v) is 2.52. The first-order valence-electron chi connectivity index (χ1n) is 8.22. The lowest BCUT2D eigenvalue weighted by Crippen LogP contribution is -2.24. The quantitative estimate of drug-likeness (QED) is 0.732. The van der Waals surface area contributed by atoms with Crippen molar-refractivity contribution in [2.45, 2.75) is 20.4 Å². The molecule has 0 bridgehead atoms. The molecule has 0 aliphatic heterocycles. The van der Waals surface area contributed by atoms with Gasteiger partial charge in [-0.3, -0.25) is 4.79 Å². The van der Waals surface area contributed by atoms with Crippen LogP contribution in [0.4, 0.5) is 16.0 Å². The van der Waals surface area contributed by atoms with Crippen molar-refractivity contribution in [1.29, 1.82) is 0 Å². The predicted molar refractivity (Wildman–Crippen MR) is 98.8 cm³/mol. The molecule has 26 heavy (non-hydrogen) atoms. The molecule has 0 atom stereocenters. The van der Waals surface area contributed by atoms with Crippen LogP contribution in [0.15, 0.2) is 54.6 Å². The fraction of sp³-hybridized carbons (Fsp3) is 0.150. The molecular formula is C20H19FN4O. The Hall–Kier alpha value is -3.28. The first-order valence-corrected chi connectivity index (χ1v) is 8.22. The number of aromatic nitrogens is 2. The predicted octanol–water partition coefficient (Wildman–Crippen LogP) is 3.91. The Morgan fingerprint density at radius 2 is 1.85 bits per heavy atom. The van der Waals surface area contributed by atoms with Crippen LogP contribution in [0.5, 0.6) is 0 Å². The van der Waals surface area contributed by atoms with Crippen molar-refractivity contribution in [3.05, 3.63) is 82.9 Å². The summed E-state index contributed by atoms with van der Waals surface area (Å²) in [5.74, 6) is -0.549. The lowest BCUT2D eigenvalue weighted by molar-refractivity contribution is 0.0945. The molecule has 3 aromatic rings. The maximum atomic E-state index is 13.8. The number of carbonyl (C=O) groups is 1. The Bertz CT molecular complexity index is 943. The molecule has 1 amide bonds. The van der Waals surface area contributed by atoms with E-state index >= 15 is 0 Å². The van der Waals surface area contributed by atoms with Crippen molar-refractivity contribution in [2.24, 2.45) is 0 Å². The Morgan fingerprint density at radius 3 is 2.62 bits per heavy atom. The molecule has 0 aliphatic carbocycles. The summed E-state index contributed by atoms with van der Waals surface area (Å²) in [6, 6.07) is 15.7. The summed E-state index contributed by atoms with van der Waals surface area (Å²) in [6.45, 7) is 4.16. The second-order valence-corrected chi connectivity index (χ2v) is 5.99. The van der Waals surface area contributed by atoms with E-state index in [1.165, 1.54) is 6.07 Å². The zero-order valence-electron chi connectivity index (χ0n) is 14.6. The highest BCUT2D eigenvalue weighted by molar-refractivity contribution is 5.92. The highest BCUT2D eigenvalue weighted by Gasteiger charge is 2.11. The standard InChI is InChI=1S/C20H19FN4O/c1-13-6-5-7-15(10-13)12-22-19(26)18-11-14(2)23-20(25-18)24-17-9-4-3-8-16(17)21/h3-11H,12H2,1-2H3,(H,22,26)(H,23,24,25). The SMILES string of the molecule is Cc1cccc(CNC(=O)c2cc(C)nc(Nc3ccccc3F)n2)c1. The van der Waals surface area contributed by atoms with Crippen molar-refractivity contribution >= 4 is 17.5 Å². The van der Waals surface area contributed by atoms with Gasteiger partial charge in [0.1, 0.15) is 11.5 Å². The lowest BCUT2D eigenvalue weighted by atomic mass is 10.1. The van der Waals surface area contributed by atoms with Gasteiger partial charge in [0.15, 0.2) is 0 Å². The maximum Gasteiger partial charge on any atom is 0.270 e. The number of para-hydroxylation sites is 1. The highest BCUT2D eigenvalue weighted by atomic mass is 19.1. The van der Waals surface area contributed by atoms with Crippen molar-refractivity contribution in [1.82, 2.24) is 15.3 Å². The minimum atomic E-state index is -0.414. The molecule has 0 unspecified atom stereocenters. The van der Waals surface area contributed by atoms with Gasteiger partial charge in [-0.2, -0.15) is 0 Å². The van der Waals surface area contributed by atoms with Crippen LogP contribution in [0, 0.1) is 19.7 Å². The molecule has 2 N–H and O–H groups in total. The van der Waals surface area contributed by atoms with Gasteiger partial charge < -0.3 is 10.6 Å². The molecule has 0 spiro atoms. The van der Waals surface area contributed by atoms with Gasteiger partial charge in [0.25, 0.3) is 5.91 Å². The molecule has 1 heterocycles. The number of halogens is 1. The van der Waals surface area contributed by atoms with Gasteiger partial charge in [-0.25, -0.2) is 14.4 Å². The number of nitrogens with zero attached hydrogens (tertiary/aromatic N) is 2. The lowest BCUT2D eigenvalue weighted by Gasteiger charge is -2.10. The minimum absolute atomic E-state index is 0.177.